The summed E-state index contributed by atoms with van der Waals surface area (Å²) in [6.07, 6.45) is 1.12. The molecule has 0 spiro atoms. The van der Waals surface area contributed by atoms with Crippen molar-refractivity contribution in [2.75, 3.05) is 18.4 Å². The lowest BCUT2D eigenvalue weighted by atomic mass is 9.98. The summed E-state index contributed by atoms with van der Waals surface area (Å²) in [6, 6.07) is 11.1. The van der Waals surface area contributed by atoms with Crippen LogP contribution in [0.4, 0.5) is 11.4 Å². The van der Waals surface area contributed by atoms with Gasteiger partial charge < -0.3 is 5.32 Å². The molecular weight excluding hydrogens is 394 g/mol. The Bertz CT molecular complexity index is 1030. The molecule has 1 fully saturated rings. The van der Waals surface area contributed by atoms with Gasteiger partial charge in [-0.3, -0.25) is 14.9 Å². The predicted octanol–water partition coefficient (Wildman–Crippen LogP) is 3.25. The van der Waals surface area contributed by atoms with E-state index in [2.05, 4.69) is 5.32 Å². The van der Waals surface area contributed by atoms with Gasteiger partial charge in [0.1, 0.15) is 0 Å². The van der Waals surface area contributed by atoms with Crippen molar-refractivity contribution in [1.82, 2.24) is 4.31 Å². The Hall–Kier alpha value is -2.78. The minimum absolute atomic E-state index is 0.0741. The fourth-order valence-electron chi connectivity index (χ4n) is 3.43. The van der Waals surface area contributed by atoms with Crippen molar-refractivity contribution >= 4 is 27.3 Å². The van der Waals surface area contributed by atoms with Gasteiger partial charge in [-0.15, -0.1) is 0 Å². The summed E-state index contributed by atoms with van der Waals surface area (Å²) in [4.78, 5) is 23.6. The molecule has 8 nitrogen and oxygen atoms in total. The second-order valence-electron chi connectivity index (χ2n) is 7.21. The Morgan fingerprint density at radius 3 is 2.52 bits per heavy atom. The summed E-state index contributed by atoms with van der Waals surface area (Å²) >= 11 is 0. The van der Waals surface area contributed by atoms with E-state index < -0.39 is 20.9 Å². The average molecular weight is 417 g/mol. The molecule has 1 amide bonds. The van der Waals surface area contributed by atoms with E-state index in [0.29, 0.717) is 30.6 Å². The van der Waals surface area contributed by atoms with E-state index in [9.17, 15) is 23.3 Å². The maximum atomic E-state index is 12.9. The van der Waals surface area contributed by atoms with Gasteiger partial charge in [-0.1, -0.05) is 23.8 Å². The normalized spacial score (nSPS) is 17.7. The van der Waals surface area contributed by atoms with Crippen LogP contribution in [0.3, 0.4) is 0 Å². The van der Waals surface area contributed by atoms with Gasteiger partial charge in [-0.25, -0.2) is 8.42 Å². The largest absolute Gasteiger partial charge is 0.325 e. The molecule has 0 unspecified atom stereocenters. The molecule has 1 N–H and O–H groups in total. The van der Waals surface area contributed by atoms with E-state index in [-0.39, 0.29) is 23.0 Å². The number of nitrogens with zero attached hydrogens (tertiary/aromatic N) is 2. The van der Waals surface area contributed by atoms with E-state index in [1.54, 1.807) is 37.3 Å². The van der Waals surface area contributed by atoms with Gasteiger partial charge in [0, 0.05) is 19.2 Å². The Morgan fingerprint density at radius 2 is 1.86 bits per heavy atom. The summed E-state index contributed by atoms with van der Waals surface area (Å²) < 4.78 is 27.2. The number of carbonyl (C=O) groups is 1. The number of nitro benzene ring substituents is 1. The van der Waals surface area contributed by atoms with Crippen molar-refractivity contribution in [3.63, 3.8) is 0 Å². The standard InChI is InChI=1S/C20H23N3O5S/c1-14-8-10-17(11-9-14)29(27,28)22-12-4-5-16(13-22)20(24)21-18-6-3-7-19(15(18)2)23(25)26/h3,6-11,16H,4-5,12-13H2,1-2H3,(H,21,24)/t16-/m1/s1. The molecule has 29 heavy (non-hydrogen) atoms. The van der Waals surface area contributed by atoms with Crippen LogP contribution in [-0.4, -0.2) is 36.6 Å². The van der Waals surface area contributed by atoms with Crippen LogP contribution in [-0.2, 0) is 14.8 Å². The first kappa shape index (κ1) is 20.9. The quantitative estimate of drug-likeness (QED) is 0.593. The number of aryl methyl sites for hydroxylation is 1. The SMILES string of the molecule is Cc1ccc(S(=O)(=O)N2CCC[C@@H](C(=O)Nc3cccc([N+](=O)[O-])c3C)C2)cc1. The van der Waals surface area contributed by atoms with Crippen LogP contribution in [0, 0.1) is 29.9 Å². The van der Waals surface area contributed by atoms with E-state index in [1.165, 1.54) is 16.4 Å². The van der Waals surface area contributed by atoms with Crippen LogP contribution < -0.4 is 5.32 Å². The van der Waals surface area contributed by atoms with Crippen LogP contribution in [0.5, 0.6) is 0 Å². The Balaban J connectivity index is 1.75. The molecule has 154 valence electrons. The van der Waals surface area contributed by atoms with Gasteiger partial charge in [0.2, 0.25) is 15.9 Å². The topological polar surface area (TPSA) is 110 Å². The van der Waals surface area contributed by atoms with Gasteiger partial charge in [0.15, 0.2) is 0 Å². The maximum absolute atomic E-state index is 12.9. The predicted molar refractivity (Wildman–Crippen MR) is 109 cm³/mol. The highest BCUT2D eigenvalue weighted by Crippen LogP contribution is 2.28. The highest BCUT2D eigenvalue weighted by Gasteiger charge is 2.33. The number of nitrogens with one attached hydrogen (secondary N) is 1. The monoisotopic (exact) mass is 417 g/mol. The van der Waals surface area contributed by atoms with Gasteiger partial charge >= 0.3 is 0 Å². The maximum Gasteiger partial charge on any atom is 0.274 e. The second-order valence-corrected chi connectivity index (χ2v) is 9.15. The number of nitro groups is 1. The average Bonchev–Trinajstić information content (AvgIpc) is 2.69. The first-order valence-corrected chi connectivity index (χ1v) is 10.8. The van der Waals surface area contributed by atoms with Crippen molar-refractivity contribution in [2.24, 2.45) is 5.92 Å². The van der Waals surface area contributed by atoms with Crippen molar-refractivity contribution in [1.29, 1.82) is 0 Å². The van der Waals surface area contributed by atoms with E-state index in [4.69, 9.17) is 0 Å². The van der Waals surface area contributed by atoms with Gasteiger partial charge in [0.05, 0.1) is 27.0 Å². The Morgan fingerprint density at radius 1 is 1.17 bits per heavy atom. The highest BCUT2D eigenvalue weighted by atomic mass is 32.2. The third-order valence-corrected chi connectivity index (χ3v) is 7.05. The summed E-state index contributed by atoms with van der Waals surface area (Å²) in [7, 11) is -3.68. The molecule has 0 radical (unpaired) electrons. The van der Waals surface area contributed by atoms with Crippen molar-refractivity contribution in [3.05, 3.63) is 63.7 Å². The lowest BCUT2D eigenvalue weighted by molar-refractivity contribution is -0.385. The Labute approximate surface area is 169 Å². The van der Waals surface area contributed by atoms with Crippen molar-refractivity contribution in [3.8, 4) is 0 Å². The zero-order chi connectivity index (χ0) is 21.2. The van der Waals surface area contributed by atoms with Crippen LogP contribution >= 0.6 is 0 Å². The molecule has 0 aliphatic carbocycles. The van der Waals surface area contributed by atoms with E-state index in [0.717, 1.165) is 5.56 Å². The number of piperidine rings is 1. The number of hydrogen-bond donors (Lipinski definition) is 1. The number of carbonyl (C=O) groups excluding carboxylic acids is 1. The molecule has 3 rings (SSSR count). The molecule has 1 atom stereocenters. The van der Waals surface area contributed by atoms with Gasteiger partial charge in [-0.05, 0) is 44.9 Å². The minimum Gasteiger partial charge on any atom is -0.325 e. The van der Waals surface area contributed by atoms with Crippen molar-refractivity contribution in [2.45, 2.75) is 31.6 Å². The third kappa shape index (κ3) is 4.46. The zero-order valence-electron chi connectivity index (χ0n) is 16.3. The van der Waals surface area contributed by atoms with Crippen LogP contribution in [0.15, 0.2) is 47.4 Å². The van der Waals surface area contributed by atoms with E-state index in [1.807, 2.05) is 6.92 Å². The molecule has 1 aliphatic heterocycles. The molecular formula is C20H23N3O5S. The summed E-state index contributed by atoms with van der Waals surface area (Å²) in [6.45, 7) is 3.89. The molecule has 2 aromatic carbocycles. The summed E-state index contributed by atoms with van der Waals surface area (Å²) in [5, 5.41) is 13.8. The smallest absolute Gasteiger partial charge is 0.274 e. The first-order chi connectivity index (χ1) is 13.7. The van der Waals surface area contributed by atoms with Crippen LogP contribution in [0.1, 0.15) is 24.0 Å². The molecule has 2 aromatic rings. The Kier molecular flexibility index (Phi) is 5.99. The number of sulfonamides is 1. The number of amides is 1. The molecule has 1 aliphatic rings. The number of anilines is 1. The molecule has 0 bridgehead atoms. The van der Waals surface area contributed by atoms with Gasteiger partial charge in [-0.2, -0.15) is 4.31 Å². The highest BCUT2D eigenvalue weighted by molar-refractivity contribution is 7.89. The summed E-state index contributed by atoms with van der Waals surface area (Å²) in [5.41, 5.74) is 1.62. The van der Waals surface area contributed by atoms with E-state index >= 15 is 0 Å². The fourth-order valence-corrected chi connectivity index (χ4v) is 4.95. The minimum atomic E-state index is -3.68. The molecule has 1 heterocycles. The van der Waals surface area contributed by atoms with Crippen LogP contribution in [0.2, 0.25) is 0 Å². The molecule has 0 aromatic heterocycles. The fraction of sp³-hybridized carbons (Fsp3) is 0.350. The van der Waals surface area contributed by atoms with Crippen molar-refractivity contribution < 1.29 is 18.1 Å². The molecule has 0 saturated carbocycles. The summed E-state index contributed by atoms with van der Waals surface area (Å²) in [5.74, 6) is -0.861. The number of rotatable bonds is 5. The number of hydrogen-bond acceptors (Lipinski definition) is 5. The number of benzene rings is 2. The lowest BCUT2D eigenvalue weighted by Gasteiger charge is -2.31. The zero-order valence-corrected chi connectivity index (χ0v) is 17.1. The molecule has 9 heteroatoms. The lowest BCUT2D eigenvalue weighted by Crippen LogP contribution is -2.43. The second kappa shape index (κ2) is 8.30. The van der Waals surface area contributed by atoms with Gasteiger partial charge in [0.25, 0.3) is 5.69 Å². The van der Waals surface area contributed by atoms with Crippen LogP contribution in [0.25, 0.3) is 0 Å². The third-order valence-electron chi connectivity index (χ3n) is 5.17. The first-order valence-electron chi connectivity index (χ1n) is 9.32. The molecule has 1 saturated heterocycles.